The number of carbonyl (C=O) groups is 1. The Kier molecular flexibility index (Phi) is 4.47. The van der Waals surface area contributed by atoms with E-state index in [0.717, 1.165) is 18.2 Å². The molecule has 0 aliphatic heterocycles. The number of halogens is 4. The van der Waals surface area contributed by atoms with Crippen LogP contribution in [0.15, 0.2) is 36.9 Å². The molecule has 0 fully saturated rings. The fourth-order valence-corrected chi connectivity index (χ4v) is 1.25. The zero-order valence-corrected chi connectivity index (χ0v) is 9.30. The van der Waals surface area contributed by atoms with Crippen LogP contribution in [-0.4, -0.2) is 12.1 Å². The number of hydrogen-bond donors (Lipinski definition) is 1. The number of alkyl halides is 4. The van der Waals surface area contributed by atoms with Crippen molar-refractivity contribution in [1.29, 1.82) is 0 Å². The molecule has 1 aromatic carbocycles. The van der Waals surface area contributed by atoms with Gasteiger partial charge in [-0.05, 0) is 17.2 Å². The Bertz CT molecular complexity index is 425. The first-order valence-electron chi connectivity index (χ1n) is 5.04. The van der Waals surface area contributed by atoms with Gasteiger partial charge in [0.1, 0.15) is 0 Å². The van der Waals surface area contributed by atoms with Crippen molar-refractivity contribution < 1.29 is 22.4 Å². The third-order valence-electron chi connectivity index (χ3n) is 2.21. The highest BCUT2D eigenvalue weighted by Crippen LogP contribution is 2.35. The van der Waals surface area contributed by atoms with E-state index in [0.29, 0.717) is 5.56 Å². The first-order valence-corrected chi connectivity index (χ1v) is 5.04. The molecule has 0 saturated carbocycles. The topological polar surface area (TPSA) is 29.1 Å². The van der Waals surface area contributed by atoms with E-state index >= 15 is 0 Å². The monoisotopic (exact) mass is 261 g/mol. The number of amides is 1. The van der Waals surface area contributed by atoms with E-state index in [1.165, 1.54) is 12.1 Å². The van der Waals surface area contributed by atoms with E-state index < -0.39 is 23.8 Å². The number of nitrogens with one attached hydrogen (secondary N) is 1. The van der Waals surface area contributed by atoms with Gasteiger partial charge in [0, 0.05) is 6.54 Å². The van der Waals surface area contributed by atoms with E-state index in [4.69, 9.17) is 0 Å². The molecule has 0 radical (unpaired) electrons. The van der Waals surface area contributed by atoms with E-state index in [1.807, 2.05) is 0 Å². The van der Waals surface area contributed by atoms with Gasteiger partial charge < -0.3 is 5.32 Å². The third-order valence-corrected chi connectivity index (χ3v) is 2.21. The zero-order chi connectivity index (χ0) is 13.8. The lowest BCUT2D eigenvalue weighted by molar-refractivity contribution is -0.182. The fourth-order valence-electron chi connectivity index (χ4n) is 1.25. The molecule has 1 N–H and O–H groups in total. The molecular weight excluding hydrogens is 250 g/mol. The standard InChI is InChI=1S/C12H11F4NO/c1-2-10(18)17-7-8-3-5-9(6-4-8)11(13)12(14,15)16/h2-6,11H,1,7H2,(H,17,18). The second-order valence-electron chi connectivity index (χ2n) is 3.57. The smallest absolute Gasteiger partial charge is 0.348 e. The van der Waals surface area contributed by atoms with Gasteiger partial charge in [0.2, 0.25) is 12.1 Å². The predicted molar refractivity (Wildman–Crippen MR) is 58.4 cm³/mol. The van der Waals surface area contributed by atoms with Crippen LogP contribution in [0.25, 0.3) is 0 Å². The number of carbonyl (C=O) groups excluding carboxylic acids is 1. The van der Waals surface area contributed by atoms with Gasteiger partial charge in [-0.15, -0.1) is 0 Å². The van der Waals surface area contributed by atoms with Crippen LogP contribution in [0.5, 0.6) is 0 Å². The number of rotatable bonds is 4. The Labute approximate surface area is 101 Å². The van der Waals surface area contributed by atoms with Crippen molar-refractivity contribution in [3.63, 3.8) is 0 Å². The van der Waals surface area contributed by atoms with Gasteiger partial charge in [0.15, 0.2) is 0 Å². The van der Waals surface area contributed by atoms with Crippen molar-refractivity contribution in [2.45, 2.75) is 18.9 Å². The highest BCUT2D eigenvalue weighted by atomic mass is 19.4. The van der Waals surface area contributed by atoms with Crippen molar-refractivity contribution in [3.05, 3.63) is 48.0 Å². The van der Waals surface area contributed by atoms with Crippen LogP contribution in [0.1, 0.15) is 17.3 Å². The largest absolute Gasteiger partial charge is 0.423 e. The van der Waals surface area contributed by atoms with E-state index in [9.17, 15) is 22.4 Å². The molecule has 0 saturated heterocycles. The van der Waals surface area contributed by atoms with Gasteiger partial charge in [-0.3, -0.25) is 4.79 Å². The van der Waals surface area contributed by atoms with Crippen LogP contribution in [0.2, 0.25) is 0 Å². The van der Waals surface area contributed by atoms with Crippen molar-refractivity contribution in [1.82, 2.24) is 5.32 Å². The Morgan fingerprint density at radius 1 is 1.33 bits per heavy atom. The Hall–Kier alpha value is -1.85. The van der Waals surface area contributed by atoms with Crippen LogP contribution in [0.4, 0.5) is 17.6 Å². The summed E-state index contributed by atoms with van der Waals surface area (Å²) < 4.78 is 49.2. The van der Waals surface area contributed by atoms with Crippen molar-refractivity contribution in [3.8, 4) is 0 Å². The van der Waals surface area contributed by atoms with Gasteiger partial charge in [-0.25, -0.2) is 4.39 Å². The second-order valence-corrected chi connectivity index (χ2v) is 3.57. The molecule has 98 valence electrons. The Morgan fingerprint density at radius 2 is 1.89 bits per heavy atom. The van der Waals surface area contributed by atoms with Crippen molar-refractivity contribution in [2.75, 3.05) is 0 Å². The molecule has 1 amide bonds. The molecule has 2 nitrogen and oxygen atoms in total. The summed E-state index contributed by atoms with van der Waals surface area (Å²) in [6, 6.07) is 4.76. The molecule has 1 atom stereocenters. The minimum atomic E-state index is -4.90. The summed E-state index contributed by atoms with van der Waals surface area (Å²) in [5.41, 5.74) is 0.115. The summed E-state index contributed by atoms with van der Waals surface area (Å²) in [4.78, 5) is 10.9. The molecule has 0 spiro atoms. The van der Waals surface area contributed by atoms with Crippen molar-refractivity contribution in [2.24, 2.45) is 0 Å². The zero-order valence-electron chi connectivity index (χ0n) is 9.30. The summed E-state index contributed by atoms with van der Waals surface area (Å²) in [7, 11) is 0. The predicted octanol–water partition coefficient (Wildman–Crippen LogP) is 3.06. The van der Waals surface area contributed by atoms with Crippen molar-refractivity contribution >= 4 is 5.91 Å². The highest BCUT2D eigenvalue weighted by molar-refractivity contribution is 5.86. The molecule has 1 rings (SSSR count). The Morgan fingerprint density at radius 3 is 2.33 bits per heavy atom. The average molecular weight is 261 g/mol. The Balaban J connectivity index is 2.68. The van der Waals surface area contributed by atoms with Gasteiger partial charge in [-0.2, -0.15) is 13.2 Å². The van der Waals surface area contributed by atoms with E-state index in [-0.39, 0.29) is 6.54 Å². The van der Waals surface area contributed by atoms with Crippen LogP contribution in [0.3, 0.4) is 0 Å². The quantitative estimate of drug-likeness (QED) is 0.655. The molecule has 0 aliphatic rings. The van der Waals surface area contributed by atoms with E-state index in [1.54, 1.807) is 0 Å². The van der Waals surface area contributed by atoms with Crippen LogP contribution in [-0.2, 0) is 11.3 Å². The minimum Gasteiger partial charge on any atom is -0.348 e. The summed E-state index contributed by atoms with van der Waals surface area (Å²) in [6.07, 6.45) is -6.82. The first kappa shape index (κ1) is 14.2. The van der Waals surface area contributed by atoms with Gasteiger partial charge in [-0.1, -0.05) is 30.8 Å². The van der Waals surface area contributed by atoms with Gasteiger partial charge in [0.25, 0.3) is 0 Å². The third kappa shape index (κ3) is 3.87. The molecule has 0 heterocycles. The van der Waals surface area contributed by atoms with Gasteiger partial charge in [0.05, 0.1) is 0 Å². The number of benzene rings is 1. The SMILES string of the molecule is C=CC(=O)NCc1ccc(C(F)C(F)(F)F)cc1. The maximum Gasteiger partial charge on any atom is 0.423 e. The summed E-state index contributed by atoms with van der Waals surface area (Å²) in [5.74, 6) is -0.391. The summed E-state index contributed by atoms with van der Waals surface area (Å²) >= 11 is 0. The van der Waals surface area contributed by atoms with Crippen LogP contribution < -0.4 is 5.32 Å². The molecular formula is C12H11F4NO. The first-order chi connectivity index (χ1) is 8.34. The lowest BCUT2D eigenvalue weighted by atomic mass is 10.1. The van der Waals surface area contributed by atoms with Gasteiger partial charge >= 0.3 is 6.18 Å². The average Bonchev–Trinajstić information content (AvgIpc) is 2.34. The second kappa shape index (κ2) is 5.66. The molecule has 18 heavy (non-hydrogen) atoms. The number of hydrogen-bond acceptors (Lipinski definition) is 1. The molecule has 6 heteroatoms. The normalized spacial score (nSPS) is 12.9. The lowest BCUT2D eigenvalue weighted by Gasteiger charge is -2.12. The molecule has 1 aromatic rings. The molecule has 0 aromatic heterocycles. The summed E-state index contributed by atoms with van der Waals surface area (Å²) in [6.45, 7) is 3.40. The lowest BCUT2D eigenvalue weighted by Crippen LogP contribution is -2.20. The molecule has 0 aliphatic carbocycles. The fraction of sp³-hybridized carbons (Fsp3) is 0.250. The maximum atomic E-state index is 12.9. The van der Waals surface area contributed by atoms with Crippen LogP contribution >= 0.6 is 0 Å². The molecule has 1 unspecified atom stereocenters. The minimum absolute atomic E-state index is 0.147. The summed E-state index contributed by atoms with van der Waals surface area (Å²) in [5, 5.41) is 2.45. The van der Waals surface area contributed by atoms with Crippen LogP contribution in [0, 0.1) is 0 Å². The van der Waals surface area contributed by atoms with E-state index in [2.05, 4.69) is 11.9 Å². The maximum absolute atomic E-state index is 12.9. The highest BCUT2D eigenvalue weighted by Gasteiger charge is 2.41. The molecule has 0 bridgehead atoms.